The van der Waals surface area contributed by atoms with Crippen LogP contribution in [-0.2, 0) is 24.4 Å². The van der Waals surface area contributed by atoms with Crippen molar-refractivity contribution in [1.82, 2.24) is 24.8 Å². The van der Waals surface area contributed by atoms with Crippen LogP contribution in [0.2, 0.25) is 0 Å². The van der Waals surface area contributed by atoms with E-state index in [2.05, 4.69) is 15.0 Å². The van der Waals surface area contributed by atoms with E-state index in [1.54, 1.807) is 43.3 Å². The van der Waals surface area contributed by atoms with Gasteiger partial charge in [0.25, 0.3) is 5.91 Å². The molecule has 3 fully saturated rings. The Kier molecular flexibility index (Phi) is 11.9. The fraction of sp³-hybridized carbons (Fsp3) is 0.634. The van der Waals surface area contributed by atoms with E-state index in [1.807, 2.05) is 19.1 Å². The second-order valence-corrected chi connectivity index (χ2v) is 20.1. The summed E-state index contributed by atoms with van der Waals surface area (Å²) in [6.45, 7) is 5.92. The number of carbonyl (C=O) groups is 4. The zero-order chi connectivity index (χ0) is 44.3. The average molecular weight is 865 g/mol. The van der Waals surface area contributed by atoms with Gasteiger partial charge in [-0.05, 0) is 101 Å². The van der Waals surface area contributed by atoms with Gasteiger partial charge in [0.05, 0.1) is 18.4 Å². The molecular formula is C41H55F3N6O9S. The number of benzene rings is 1. The number of hydrogen-bond donors (Lipinski definition) is 3. The number of alkyl halides is 3. The SMILES string of the molecule is COc1ccc2c(O[C@@H]3C[C@H]4C(=O)N[C@]5(C(=O)NS(=O)(=O)C6(C)CC6)C[C@H]5C=CCC[C@@H](C)C[C@@H](C)[C@H](N(C(=O)O)C(C)(C)C(F)(F)F)C(=O)N4C3)nc(N(C)C)cc2c1. The molecule has 6 rings (SSSR count). The summed E-state index contributed by atoms with van der Waals surface area (Å²) in [5.74, 6) is -3.45. The summed E-state index contributed by atoms with van der Waals surface area (Å²) in [5, 5.41) is 14.5. The summed E-state index contributed by atoms with van der Waals surface area (Å²) in [7, 11) is 0.936. The van der Waals surface area contributed by atoms with Crippen molar-refractivity contribution in [3.05, 3.63) is 36.4 Å². The number of hydrogen-bond acceptors (Lipinski definition) is 10. The molecule has 1 aromatic carbocycles. The Bertz CT molecular complexity index is 2180. The number of fused-ring (bicyclic) bond motifs is 3. The van der Waals surface area contributed by atoms with Crippen LogP contribution in [0.4, 0.5) is 23.8 Å². The van der Waals surface area contributed by atoms with Gasteiger partial charge in [-0.2, -0.15) is 18.2 Å². The molecule has 15 nitrogen and oxygen atoms in total. The lowest BCUT2D eigenvalue weighted by molar-refractivity contribution is -0.222. The van der Waals surface area contributed by atoms with Gasteiger partial charge in [-0.15, -0.1) is 0 Å². The van der Waals surface area contributed by atoms with Gasteiger partial charge in [-0.3, -0.25) is 24.0 Å². The normalized spacial score (nSPS) is 28.4. The molecule has 4 aliphatic rings. The van der Waals surface area contributed by atoms with E-state index in [0.29, 0.717) is 61.9 Å². The predicted molar refractivity (Wildman–Crippen MR) is 216 cm³/mol. The van der Waals surface area contributed by atoms with Crippen molar-refractivity contribution in [2.24, 2.45) is 17.8 Å². The maximum atomic E-state index is 15.1. The fourth-order valence-electron chi connectivity index (χ4n) is 8.38. The van der Waals surface area contributed by atoms with Crippen LogP contribution in [0, 0.1) is 17.8 Å². The van der Waals surface area contributed by atoms with Crippen LogP contribution in [0.1, 0.15) is 79.6 Å². The first-order valence-corrected chi connectivity index (χ1v) is 21.6. The predicted octanol–water partition coefficient (Wildman–Crippen LogP) is 5.23. The lowest BCUT2D eigenvalue weighted by Crippen LogP contribution is -2.66. The largest absolute Gasteiger partial charge is 0.497 e. The molecule has 0 unspecified atom stereocenters. The number of halogens is 3. The highest BCUT2D eigenvalue weighted by molar-refractivity contribution is 7.91. The minimum absolute atomic E-state index is 0.0480. The number of nitrogens with one attached hydrogen (secondary N) is 2. The van der Waals surface area contributed by atoms with Gasteiger partial charge in [-0.1, -0.05) is 26.0 Å². The number of nitrogens with zero attached hydrogens (tertiary/aromatic N) is 4. The quantitative estimate of drug-likeness (QED) is 0.280. The van der Waals surface area contributed by atoms with Crippen molar-refractivity contribution in [3.63, 3.8) is 0 Å². The Labute approximate surface area is 348 Å². The number of sulfonamides is 1. The first-order valence-electron chi connectivity index (χ1n) is 20.1. The number of carbonyl (C=O) groups excluding carboxylic acids is 3. The molecular weight excluding hydrogens is 810 g/mol. The first kappa shape index (κ1) is 44.7. The Balaban J connectivity index is 1.45. The van der Waals surface area contributed by atoms with Gasteiger partial charge < -0.3 is 29.7 Å². The Morgan fingerprint density at radius 2 is 1.78 bits per heavy atom. The third-order valence-electron chi connectivity index (χ3n) is 12.7. The van der Waals surface area contributed by atoms with Crippen LogP contribution < -0.4 is 24.4 Å². The van der Waals surface area contributed by atoms with Crippen LogP contribution in [-0.4, -0.2) is 120 Å². The summed E-state index contributed by atoms with van der Waals surface area (Å²) in [5.41, 5.74) is -4.76. The molecule has 60 heavy (non-hydrogen) atoms. The van der Waals surface area contributed by atoms with Gasteiger partial charge >= 0.3 is 12.3 Å². The molecule has 330 valence electrons. The highest BCUT2D eigenvalue weighted by Gasteiger charge is 2.64. The van der Waals surface area contributed by atoms with E-state index in [9.17, 15) is 41.1 Å². The number of pyridine rings is 1. The number of carboxylic acid groups (broad SMARTS) is 1. The van der Waals surface area contributed by atoms with E-state index in [-0.39, 0.29) is 42.5 Å². The minimum Gasteiger partial charge on any atom is -0.497 e. The third kappa shape index (κ3) is 8.42. The number of methoxy groups -OCH3 is 1. The van der Waals surface area contributed by atoms with Crippen LogP contribution in [0.5, 0.6) is 11.6 Å². The zero-order valence-electron chi connectivity index (χ0n) is 35.1. The summed E-state index contributed by atoms with van der Waals surface area (Å²) in [6, 6.07) is 3.62. The van der Waals surface area contributed by atoms with E-state index >= 15 is 4.79 Å². The fourth-order valence-corrected chi connectivity index (χ4v) is 9.69. The van der Waals surface area contributed by atoms with Gasteiger partial charge in [-0.25, -0.2) is 13.2 Å². The molecule has 0 bridgehead atoms. The Morgan fingerprint density at radius 1 is 1.10 bits per heavy atom. The smallest absolute Gasteiger partial charge is 0.411 e. The van der Waals surface area contributed by atoms with Gasteiger partial charge in [0, 0.05) is 31.8 Å². The van der Waals surface area contributed by atoms with Crippen LogP contribution in [0.15, 0.2) is 36.4 Å². The monoisotopic (exact) mass is 864 g/mol. The van der Waals surface area contributed by atoms with Crippen molar-refractivity contribution >= 4 is 50.4 Å². The van der Waals surface area contributed by atoms with E-state index in [0.717, 1.165) is 4.90 Å². The molecule has 3 N–H and O–H groups in total. The van der Waals surface area contributed by atoms with Crippen molar-refractivity contribution in [2.75, 3.05) is 32.6 Å². The topological polar surface area (TPSA) is 188 Å². The summed E-state index contributed by atoms with van der Waals surface area (Å²) >= 11 is 0. The second kappa shape index (κ2) is 15.9. The maximum absolute atomic E-state index is 15.1. The van der Waals surface area contributed by atoms with Crippen LogP contribution in [0.3, 0.4) is 0 Å². The van der Waals surface area contributed by atoms with E-state index in [1.165, 1.54) is 21.0 Å². The molecule has 1 saturated heterocycles. The number of amides is 4. The molecule has 2 saturated carbocycles. The molecule has 2 aliphatic heterocycles. The number of ether oxygens (including phenoxy) is 2. The van der Waals surface area contributed by atoms with Crippen molar-refractivity contribution in [2.45, 2.75) is 120 Å². The molecule has 2 aromatic rings. The summed E-state index contributed by atoms with van der Waals surface area (Å²) < 4.78 is 83.7. The van der Waals surface area contributed by atoms with Crippen molar-refractivity contribution < 1.29 is 55.3 Å². The standard InChI is InChI=1S/C41H55F3N6O9S/c1-23-11-9-10-12-26-21-40(26,36(53)47-60(56,57)39(5)15-16-39)46-33(51)30-20-28(59-34-29-14-13-27(58-8)18-25(29)19-31(45-34)48(6)7)22-49(30)35(52)32(24(2)17-23)50(37(54)55)38(3,4)41(42,43)44/h10,12-14,18-19,23-24,26,28,30,32H,9,11,15-17,20-22H2,1-8H3,(H,46,51)(H,47,53)(H,54,55)/t23-,24-,26-,28-,30+,32+,40-/m1/s1. The van der Waals surface area contributed by atoms with Gasteiger partial charge in [0.2, 0.25) is 27.7 Å². The van der Waals surface area contributed by atoms with Gasteiger partial charge in [0.15, 0.2) is 0 Å². The molecule has 0 spiro atoms. The summed E-state index contributed by atoms with van der Waals surface area (Å²) in [6.07, 6.45) is -2.88. The Hall–Kier alpha value is -4.81. The van der Waals surface area contributed by atoms with E-state index < -0.39 is 85.9 Å². The highest BCUT2D eigenvalue weighted by Crippen LogP contribution is 2.48. The third-order valence-corrected chi connectivity index (χ3v) is 14.9. The second-order valence-electron chi connectivity index (χ2n) is 17.9. The lowest BCUT2D eigenvalue weighted by Gasteiger charge is -2.45. The molecule has 3 heterocycles. The molecule has 2 aliphatic carbocycles. The lowest BCUT2D eigenvalue weighted by atomic mass is 9.85. The Morgan fingerprint density at radius 3 is 2.38 bits per heavy atom. The zero-order valence-corrected chi connectivity index (χ0v) is 35.9. The molecule has 0 radical (unpaired) electrons. The maximum Gasteiger partial charge on any atom is 0.411 e. The number of aromatic nitrogens is 1. The number of anilines is 1. The number of rotatable bonds is 9. The van der Waals surface area contributed by atoms with Crippen molar-refractivity contribution in [1.29, 1.82) is 0 Å². The molecule has 7 atom stereocenters. The average Bonchev–Trinajstić information content (AvgIpc) is 4.03. The molecule has 19 heteroatoms. The van der Waals surface area contributed by atoms with E-state index in [4.69, 9.17) is 9.47 Å². The number of allylic oxidation sites excluding steroid dienone is 1. The van der Waals surface area contributed by atoms with Crippen LogP contribution >= 0.6 is 0 Å². The van der Waals surface area contributed by atoms with Crippen molar-refractivity contribution in [3.8, 4) is 11.6 Å². The summed E-state index contributed by atoms with van der Waals surface area (Å²) in [4.78, 5) is 64.3. The van der Waals surface area contributed by atoms with Crippen LogP contribution in [0.25, 0.3) is 10.8 Å². The highest BCUT2D eigenvalue weighted by atomic mass is 32.2. The van der Waals surface area contributed by atoms with Gasteiger partial charge in [0.1, 0.15) is 40.8 Å². The molecule has 1 aromatic heterocycles. The minimum atomic E-state index is -5.10. The molecule has 4 amide bonds. The first-order chi connectivity index (χ1) is 27.9.